The average molecular weight is 370 g/mol. The summed E-state index contributed by atoms with van der Waals surface area (Å²) in [6.07, 6.45) is 2.31. The van der Waals surface area contributed by atoms with E-state index in [4.69, 9.17) is 16.1 Å². The van der Waals surface area contributed by atoms with Crippen LogP contribution in [0.1, 0.15) is 17.7 Å². The molecule has 0 radical (unpaired) electrons. The van der Waals surface area contributed by atoms with Crippen LogP contribution in [0.4, 0.5) is 0 Å². The van der Waals surface area contributed by atoms with E-state index in [2.05, 4.69) is 9.88 Å². The molecule has 1 aliphatic rings. The molecule has 0 fully saturated rings. The fourth-order valence-corrected chi connectivity index (χ4v) is 3.85. The molecule has 0 atom stereocenters. The molecular formula is C15H16ClN3O4S. The summed E-state index contributed by atoms with van der Waals surface area (Å²) in [5, 5.41) is 4.06. The minimum absolute atomic E-state index is 0.0284. The van der Waals surface area contributed by atoms with Gasteiger partial charge >= 0.3 is 0 Å². The number of fused-ring (bicyclic) bond motifs is 1. The topological polar surface area (TPSA) is 92.5 Å². The molecule has 9 heteroatoms. The van der Waals surface area contributed by atoms with Crippen LogP contribution in [0.2, 0.25) is 5.02 Å². The van der Waals surface area contributed by atoms with Crippen molar-refractivity contribution in [2.45, 2.75) is 24.3 Å². The van der Waals surface area contributed by atoms with Crippen molar-refractivity contribution < 1.29 is 17.7 Å². The van der Waals surface area contributed by atoms with E-state index >= 15 is 0 Å². The molecule has 1 amide bonds. The third kappa shape index (κ3) is 3.77. The molecule has 2 heterocycles. The van der Waals surface area contributed by atoms with Crippen LogP contribution in [0.25, 0.3) is 0 Å². The van der Waals surface area contributed by atoms with Crippen molar-refractivity contribution in [2.24, 2.45) is 0 Å². The van der Waals surface area contributed by atoms with E-state index in [1.165, 1.54) is 12.1 Å². The Labute approximate surface area is 144 Å². The predicted molar refractivity (Wildman–Crippen MR) is 86.9 cm³/mol. The Hall–Kier alpha value is -1.90. The highest BCUT2D eigenvalue weighted by molar-refractivity contribution is 7.89. The molecule has 0 saturated heterocycles. The number of nitrogens with zero attached hydrogens (tertiary/aromatic N) is 2. The Morgan fingerprint density at radius 2 is 2.25 bits per heavy atom. The highest BCUT2D eigenvalue weighted by atomic mass is 35.5. The summed E-state index contributed by atoms with van der Waals surface area (Å²) in [5.74, 6) is 0.691. The van der Waals surface area contributed by atoms with Gasteiger partial charge in [0.1, 0.15) is 5.76 Å². The fourth-order valence-electron chi connectivity index (χ4n) is 2.52. The molecule has 1 aromatic heterocycles. The van der Waals surface area contributed by atoms with Crippen molar-refractivity contribution in [1.29, 1.82) is 0 Å². The second-order valence-corrected chi connectivity index (χ2v) is 7.65. The molecule has 3 rings (SSSR count). The minimum atomic E-state index is -3.68. The average Bonchev–Trinajstić information content (AvgIpc) is 3.02. The van der Waals surface area contributed by atoms with E-state index < -0.39 is 10.0 Å². The van der Waals surface area contributed by atoms with Crippen molar-refractivity contribution in [3.8, 4) is 0 Å². The van der Waals surface area contributed by atoms with E-state index in [1.807, 2.05) is 0 Å². The minimum Gasteiger partial charge on any atom is -0.361 e. The molecule has 1 aromatic carbocycles. The zero-order chi connectivity index (χ0) is 17.2. The Balaban J connectivity index is 1.54. The van der Waals surface area contributed by atoms with Crippen LogP contribution in [-0.4, -0.2) is 37.5 Å². The maximum atomic E-state index is 12.2. The molecule has 2 aromatic rings. The highest BCUT2D eigenvalue weighted by Crippen LogP contribution is 2.19. The molecule has 1 N–H and O–H groups in total. The Bertz CT molecular complexity index is 850. The smallest absolute Gasteiger partial charge is 0.240 e. The van der Waals surface area contributed by atoms with Gasteiger partial charge in [-0.3, -0.25) is 4.79 Å². The van der Waals surface area contributed by atoms with E-state index in [1.54, 1.807) is 23.2 Å². The van der Waals surface area contributed by atoms with Crippen LogP contribution in [0.15, 0.2) is 39.9 Å². The summed E-state index contributed by atoms with van der Waals surface area (Å²) in [6, 6.07) is 5.98. The quantitative estimate of drug-likeness (QED) is 0.863. The van der Waals surface area contributed by atoms with Gasteiger partial charge in [-0.1, -0.05) is 22.8 Å². The number of halogens is 1. The molecule has 24 heavy (non-hydrogen) atoms. The number of amides is 1. The number of hydrogen-bond acceptors (Lipinski definition) is 5. The second-order valence-electron chi connectivity index (χ2n) is 5.44. The van der Waals surface area contributed by atoms with E-state index in [0.29, 0.717) is 24.5 Å². The first-order valence-electron chi connectivity index (χ1n) is 7.41. The van der Waals surface area contributed by atoms with Crippen molar-refractivity contribution in [3.63, 3.8) is 0 Å². The third-order valence-corrected chi connectivity index (χ3v) is 5.48. The number of carbonyl (C=O) groups excluding carboxylic acids is 1. The van der Waals surface area contributed by atoms with Crippen LogP contribution in [0, 0.1) is 0 Å². The van der Waals surface area contributed by atoms with Crippen molar-refractivity contribution >= 4 is 27.5 Å². The normalized spacial score (nSPS) is 14.5. The van der Waals surface area contributed by atoms with E-state index in [-0.39, 0.29) is 23.8 Å². The lowest BCUT2D eigenvalue weighted by Crippen LogP contribution is -2.37. The van der Waals surface area contributed by atoms with Crippen LogP contribution >= 0.6 is 11.6 Å². The highest BCUT2D eigenvalue weighted by Gasteiger charge is 2.23. The zero-order valence-electron chi connectivity index (χ0n) is 12.7. The molecule has 0 saturated carbocycles. The lowest BCUT2D eigenvalue weighted by Gasteiger charge is -2.25. The molecule has 0 unspecified atom stereocenters. The van der Waals surface area contributed by atoms with Crippen LogP contribution in [0.5, 0.6) is 0 Å². The largest absolute Gasteiger partial charge is 0.361 e. The van der Waals surface area contributed by atoms with Gasteiger partial charge in [0.15, 0.2) is 0 Å². The summed E-state index contributed by atoms with van der Waals surface area (Å²) >= 11 is 5.80. The van der Waals surface area contributed by atoms with Crippen LogP contribution in [-0.2, 0) is 27.8 Å². The molecule has 128 valence electrons. The second kappa shape index (κ2) is 6.92. The summed E-state index contributed by atoms with van der Waals surface area (Å²) in [7, 11) is -3.68. The van der Waals surface area contributed by atoms with Gasteiger partial charge in [0.2, 0.25) is 15.9 Å². The van der Waals surface area contributed by atoms with Crippen molar-refractivity contribution in [1.82, 2.24) is 14.8 Å². The summed E-state index contributed by atoms with van der Waals surface area (Å²) < 4.78 is 31.8. The van der Waals surface area contributed by atoms with Crippen molar-refractivity contribution in [3.05, 3.63) is 46.8 Å². The maximum Gasteiger partial charge on any atom is 0.240 e. The molecule has 0 spiro atoms. The fraction of sp³-hybridized carbons (Fsp3) is 0.333. The van der Waals surface area contributed by atoms with Gasteiger partial charge < -0.3 is 9.42 Å². The van der Waals surface area contributed by atoms with Gasteiger partial charge in [-0.05, 0) is 18.2 Å². The first-order valence-corrected chi connectivity index (χ1v) is 9.27. The van der Waals surface area contributed by atoms with Crippen LogP contribution < -0.4 is 4.72 Å². The number of sulfonamides is 1. The predicted octanol–water partition coefficient (Wildman–Crippen LogP) is 1.58. The number of rotatable bonds is 5. The van der Waals surface area contributed by atoms with Gasteiger partial charge in [0.05, 0.1) is 17.6 Å². The summed E-state index contributed by atoms with van der Waals surface area (Å²) in [6.45, 7) is 1.02. The lowest BCUT2D eigenvalue weighted by atomic mass is 10.1. The monoisotopic (exact) mass is 369 g/mol. The molecular weight excluding hydrogens is 354 g/mol. The summed E-state index contributed by atoms with van der Waals surface area (Å²) in [5.41, 5.74) is 0.897. The Kier molecular flexibility index (Phi) is 4.88. The van der Waals surface area contributed by atoms with Gasteiger partial charge in [0, 0.05) is 36.5 Å². The third-order valence-electron chi connectivity index (χ3n) is 3.79. The number of aromatic nitrogens is 1. The lowest BCUT2D eigenvalue weighted by molar-refractivity contribution is -0.132. The van der Waals surface area contributed by atoms with Gasteiger partial charge in [-0.2, -0.15) is 0 Å². The van der Waals surface area contributed by atoms with Gasteiger partial charge in [-0.15, -0.1) is 0 Å². The van der Waals surface area contributed by atoms with Crippen LogP contribution in [0.3, 0.4) is 0 Å². The maximum absolute atomic E-state index is 12.2. The first kappa shape index (κ1) is 16.9. The standard InChI is InChI=1S/C15H16ClN3O4S/c16-12-2-1-3-13(8-12)24(21,22)18-6-4-15(20)19-7-5-14-11(10-19)9-17-23-14/h1-3,8-9,18H,4-7,10H2. The zero-order valence-corrected chi connectivity index (χ0v) is 14.3. The number of nitrogens with one attached hydrogen (secondary N) is 1. The van der Waals surface area contributed by atoms with Crippen molar-refractivity contribution in [2.75, 3.05) is 13.1 Å². The molecule has 0 aliphatic carbocycles. The van der Waals surface area contributed by atoms with Gasteiger partial charge in [-0.25, -0.2) is 13.1 Å². The molecule has 7 nitrogen and oxygen atoms in total. The number of hydrogen-bond donors (Lipinski definition) is 1. The van der Waals surface area contributed by atoms with E-state index in [0.717, 1.165) is 11.3 Å². The van der Waals surface area contributed by atoms with E-state index in [9.17, 15) is 13.2 Å². The molecule has 1 aliphatic heterocycles. The number of carbonyl (C=O) groups is 1. The Morgan fingerprint density at radius 3 is 3.04 bits per heavy atom. The van der Waals surface area contributed by atoms with Gasteiger partial charge in [0.25, 0.3) is 0 Å². The molecule has 0 bridgehead atoms. The SMILES string of the molecule is O=C(CCNS(=O)(=O)c1cccc(Cl)c1)N1CCc2oncc2C1. The summed E-state index contributed by atoms with van der Waals surface area (Å²) in [4.78, 5) is 14.0. The first-order chi connectivity index (χ1) is 11.5. The Morgan fingerprint density at radius 1 is 1.42 bits per heavy atom. The number of benzene rings is 1.